The second-order valence-electron chi connectivity index (χ2n) is 26.6. The quantitative estimate of drug-likeness (QED) is 0.105. The Balaban J connectivity index is 0.000000260. The minimum atomic E-state index is -0.458. The second-order valence-corrected chi connectivity index (χ2v) is 28.3. The van der Waals surface area contributed by atoms with Crippen molar-refractivity contribution < 1.29 is 13.5 Å². The summed E-state index contributed by atoms with van der Waals surface area (Å²) in [6.45, 7) is 40.8. The van der Waals surface area contributed by atoms with Gasteiger partial charge >= 0.3 is 0 Å². The molecule has 476 valence electrons. The van der Waals surface area contributed by atoms with E-state index in [2.05, 4.69) is 201 Å². The van der Waals surface area contributed by atoms with Crippen molar-refractivity contribution in [2.75, 3.05) is 0 Å². The third kappa shape index (κ3) is 26.3. The lowest BCUT2D eigenvalue weighted by Crippen LogP contribution is -2.25. The van der Waals surface area contributed by atoms with Gasteiger partial charge in [0.05, 0.1) is 0 Å². The number of aromatic nitrogens is 1. The lowest BCUT2D eigenvalue weighted by atomic mass is 9.75. The Kier molecular flexibility index (Phi) is 33.5. The summed E-state index contributed by atoms with van der Waals surface area (Å²) in [5.74, 6) is 5.12. The summed E-state index contributed by atoms with van der Waals surface area (Å²) in [5.41, 5.74) is 14.7. The molecule has 1 aromatic heterocycles. The number of hydrogen-bond donors (Lipinski definition) is 0. The number of aryl methyl sites for hydroxylation is 3. The van der Waals surface area contributed by atoms with E-state index in [1.54, 1.807) is 50.7 Å². The van der Waals surface area contributed by atoms with Gasteiger partial charge in [0.2, 0.25) is 0 Å². The first-order valence-corrected chi connectivity index (χ1v) is 33.6. The molecule has 3 aliphatic rings. The van der Waals surface area contributed by atoms with Gasteiger partial charge in [0.15, 0.2) is 12.4 Å². The minimum Gasteiger partial charge on any atom is -0.619 e. The van der Waals surface area contributed by atoms with Crippen molar-refractivity contribution in [1.29, 1.82) is 0 Å². The average Bonchev–Trinajstić information content (AvgIpc) is 1.97. The maximum Gasteiger partial charge on any atom is 0.199 e. The highest BCUT2D eigenvalue weighted by molar-refractivity contribution is 6.36. The molecule has 6 aromatic carbocycles. The van der Waals surface area contributed by atoms with E-state index in [9.17, 15) is 14.0 Å². The van der Waals surface area contributed by atoms with E-state index in [0.29, 0.717) is 44.4 Å². The fourth-order valence-electron chi connectivity index (χ4n) is 11.3. The molecule has 0 N–H and O–H groups in total. The normalized spacial score (nSPS) is 13.9. The predicted octanol–water partition coefficient (Wildman–Crippen LogP) is 26.6. The summed E-state index contributed by atoms with van der Waals surface area (Å²) in [7, 11) is 0. The lowest BCUT2D eigenvalue weighted by Gasteiger charge is -2.30. The van der Waals surface area contributed by atoms with Crippen LogP contribution in [0.3, 0.4) is 0 Å². The number of nitrogens with zero attached hydrogens (tertiary/aromatic N) is 1. The fourth-order valence-corrected chi connectivity index (χ4v) is 13.0. The van der Waals surface area contributed by atoms with Crippen LogP contribution in [0.2, 0.25) is 20.1 Å². The minimum absolute atomic E-state index is 0.101. The maximum atomic E-state index is 12.9. The summed E-state index contributed by atoms with van der Waals surface area (Å²) in [5, 5.41) is 13.2. The smallest absolute Gasteiger partial charge is 0.199 e. The fraction of sp³-hybridized carbons (Fsp3) is 0.481. The van der Waals surface area contributed by atoms with E-state index in [0.717, 1.165) is 44.3 Å². The van der Waals surface area contributed by atoms with Crippen LogP contribution in [-0.2, 0) is 0 Å². The first-order valence-electron chi connectivity index (χ1n) is 32.1. The standard InChI is InChI=1S/C12H16.C11H20.3C10H14.C9H10Cl2.C9H10F2.C8H9Cl2NO/c1-9(2)11-5-3-4-6-12(11)10-7-8-10;1-9(2)10-3-5-11(6-4-10)7-8-11;3*1-8(2)10-7-5-4-6-9(10)3;2*1-6(2)9-7(10)4-3-5-8(9)11;1-5(2)8-6(9)3-11(12)4-7(8)10/h3-6,9-10H,7-8H2,1-2H3;9-10H,3-8H2,1-2H3;3*4-8H,1-3H3;2*3-6H,1-2H3;3-5H,1-2H3. The Morgan fingerprint density at radius 2 is 0.701 bits per heavy atom. The molecule has 0 atom stereocenters. The van der Waals surface area contributed by atoms with E-state index >= 15 is 0 Å². The molecule has 0 amide bonds. The van der Waals surface area contributed by atoms with Crippen LogP contribution in [0.15, 0.2) is 146 Å². The molecule has 87 heavy (non-hydrogen) atoms. The van der Waals surface area contributed by atoms with Crippen LogP contribution in [0.4, 0.5) is 8.78 Å². The Bertz CT molecular complexity index is 2850. The predicted molar refractivity (Wildman–Crippen MR) is 377 cm³/mol. The average molecular weight is 1270 g/mol. The Morgan fingerprint density at radius 3 is 0.977 bits per heavy atom. The van der Waals surface area contributed by atoms with Crippen LogP contribution in [0.25, 0.3) is 0 Å². The molecule has 0 saturated heterocycles. The van der Waals surface area contributed by atoms with Gasteiger partial charge in [-0.15, -0.1) is 0 Å². The van der Waals surface area contributed by atoms with Gasteiger partial charge in [-0.25, -0.2) is 8.78 Å². The molecule has 1 spiro atoms. The number of rotatable bonds is 9. The van der Waals surface area contributed by atoms with E-state index in [1.807, 2.05) is 32.0 Å². The Hall–Kier alpha value is -4.71. The van der Waals surface area contributed by atoms with E-state index in [1.165, 1.54) is 89.7 Å². The largest absolute Gasteiger partial charge is 0.619 e. The second kappa shape index (κ2) is 38.1. The van der Waals surface area contributed by atoms with Crippen LogP contribution < -0.4 is 4.73 Å². The van der Waals surface area contributed by atoms with Crippen molar-refractivity contribution in [2.45, 2.75) is 230 Å². The molecule has 3 saturated carbocycles. The zero-order chi connectivity index (χ0) is 65.3. The number of hydrogen-bond acceptors (Lipinski definition) is 1. The molecule has 3 fully saturated rings. The van der Waals surface area contributed by atoms with Gasteiger partial charge in [0, 0.05) is 21.2 Å². The van der Waals surface area contributed by atoms with Crippen molar-refractivity contribution in [1.82, 2.24) is 0 Å². The van der Waals surface area contributed by atoms with Crippen molar-refractivity contribution in [3.05, 3.63) is 244 Å². The van der Waals surface area contributed by atoms with Crippen molar-refractivity contribution in [2.24, 2.45) is 17.3 Å². The van der Waals surface area contributed by atoms with Gasteiger partial charge < -0.3 is 5.21 Å². The number of halogens is 6. The van der Waals surface area contributed by atoms with Crippen molar-refractivity contribution in [3.8, 4) is 0 Å². The highest BCUT2D eigenvalue weighted by Gasteiger charge is 2.45. The molecule has 2 nitrogen and oxygen atoms in total. The van der Waals surface area contributed by atoms with Gasteiger partial charge in [-0.3, -0.25) is 0 Å². The van der Waals surface area contributed by atoms with E-state index in [4.69, 9.17) is 46.4 Å². The van der Waals surface area contributed by atoms with E-state index in [-0.39, 0.29) is 17.4 Å². The summed E-state index contributed by atoms with van der Waals surface area (Å²) in [6.07, 6.45) is 14.7. The van der Waals surface area contributed by atoms with Crippen LogP contribution in [0.5, 0.6) is 0 Å². The lowest BCUT2D eigenvalue weighted by molar-refractivity contribution is -0.605. The zero-order valence-electron chi connectivity index (χ0n) is 56.4. The Morgan fingerprint density at radius 1 is 0.379 bits per heavy atom. The molecular formula is C79H107Cl4F2NO. The molecule has 7 aromatic rings. The number of benzene rings is 6. The van der Waals surface area contributed by atoms with Crippen LogP contribution in [0, 0.1) is 54.9 Å². The molecular weight excluding hydrogens is 1160 g/mol. The Labute approximate surface area is 547 Å². The summed E-state index contributed by atoms with van der Waals surface area (Å²) in [6, 6.07) is 44.0. The van der Waals surface area contributed by atoms with Gasteiger partial charge in [-0.1, -0.05) is 266 Å². The summed E-state index contributed by atoms with van der Waals surface area (Å²) >= 11 is 23.5. The van der Waals surface area contributed by atoms with Crippen LogP contribution in [-0.4, -0.2) is 0 Å². The molecule has 0 bridgehead atoms. The number of pyridine rings is 1. The zero-order valence-corrected chi connectivity index (χ0v) is 59.4. The highest BCUT2D eigenvalue weighted by atomic mass is 35.5. The molecule has 0 unspecified atom stereocenters. The van der Waals surface area contributed by atoms with Gasteiger partial charge in [0.25, 0.3) is 0 Å². The van der Waals surface area contributed by atoms with E-state index < -0.39 is 11.6 Å². The summed E-state index contributed by atoms with van der Waals surface area (Å²) in [4.78, 5) is 0. The van der Waals surface area contributed by atoms with Gasteiger partial charge in [0.1, 0.15) is 21.7 Å². The summed E-state index contributed by atoms with van der Waals surface area (Å²) < 4.78 is 26.3. The monoisotopic (exact) mass is 1260 g/mol. The highest BCUT2D eigenvalue weighted by Crippen LogP contribution is 2.58. The first-order chi connectivity index (χ1) is 40.9. The third-order valence-corrected chi connectivity index (χ3v) is 18.0. The van der Waals surface area contributed by atoms with Gasteiger partial charge in [-0.05, 0) is 211 Å². The van der Waals surface area contributed by atoms with Crippen molar-refractivity contribution >= 4 is 46.4 Å². The molecule has 0 aliphatic heterocycles. The molecule has 10 rings (SSSR count). The van der Waals surface area contributed by atoms with Crippen LogP contribution >= 0.6 is 46.4 Å². The molecule has 0 radical (unpaired) electrons. The SMILES string of the molecule is CC(C)C1CCC2(CC1)CC2.CC(C)c1c(Cl)c[n+]([O-])cc1Cl.CC(C)c1c(Cl)cccc1Cl.CC(C)c1c(F)cccc1F.CC(C)c1ccccc1C1CC1.Cc1ccccc1C(C)C.Cc1ccccc1C(C)C.Cc1ccccc1C(C)C. The van der Waals surface area contributed by atoms with Crippen LogP contribution in [0.1, 0.15) is 271 Å². The molecule has 3 aliphatic carbocycles. The first kappa shape index (κ1) is 76.5. The van der Waals surface area contributed by atoms with Gasteiger partial charge in [-0.2, -0.15) is 4.73 Å². The third-order valence-electron chi connectivity index (χ3n) is 16.8. The molecule has 8 heteroatoms. The molecule has 1 heterocycles. The topological polar surface area (TPSA) is 26.9 Å². The van der Waals surface area contributed by atoms with Crippen molar-refractivity contribution in [3.63, 3.8) is 0 Å². The maximum absolute atomic E-state index is 12.9.